The standard InChI is InChI=1S/C20H25N5O4S/c1-13(21)29-20(28)22-10-14-2-4-15(5-3-14)17-12-30-19(24-17)23-16-6-8-25(9-7-16)11-18(26)27/h2-5,10,12-13,16H,6-9,11,21H2,1H3,(H,23,24)(H,26,27). The van der Waals surface area contributed by atoms with Crippen LogP contribution in [0.5, 0.6) is 0 Å². The fraction of sp³-hybridized carbons (Fsp3) is 0.400. The summed E-state index contributed by atoms with van der Waals surface area (Å²) in [5.74, 6) is -0.784. The fourth-order valence-electron chi connectivity index (χ4n) is 3.13. The van der Waals surface area contributed by atoms with E-state index in [2.05, 4.69) is 15.3 Å². The first-order valence-corrected chi connectivity index (χ1v) is 10.5. The molecule has 2 heterocycles. The molecular weight excluding hydrogens is 406 g/mol. The minimum Gasteiger partial charge on any atom is -0.480 e. The lowest BCUT2D eigenvalue weighted by Crippen LogP contribution is -2.41. The largest absolute Gasteiger partial charge is 0.480 e. The van der Waals surface area contributed by atoms with Crippen LogP contribution in [0.25, 0.3) is 11.3 Å². The number of aliphatic carboxylic acids is 1. The number of aliphatic imine (C=N–C) groups is 1. The Morgan fingerprint density at radius 2 is 2.10 bits per heavy atom. The molecule has 1 saturated heterocycles. The van der Waals surface area contributed by atoms with Gasteiger partial charge in [-0.15, -0.1) is 11.3 Å². The van der Waals surface area contributed by atoms with Crippen molar-refractivity contribution in [3.8, 4) is 11.3 Å². The van der Waals surface area contributed by atoms with E-state index >= 15 is 0 Å². The number of nitrogens with two attached hydrogens (primary N) is 1. The van der Waals surface area contributed by atoms with Gasteiger partial charge in [-0.2, -0.15) is 4.99 Å². The predicted octanol–water partition coefficient (Wildman–Crippen LogP) is 2.63. The monoisotopic (exact) mass is 431 g/mol. The molecule has 1 atom stereocenters. The summed E-state index contributed by atoms with van der Waals surface area (Å²) in [5.41, 5.74) is 7.98. The van der Waals surface area contributed by atoms with E-state index in [0.29, 0.717) is 6.04 Å². The van der Waals surface area contributed by atoms with E-state index in [9.17, 15) is 9.59 Å². The van der Waals surface area contributed by atoms with Crippen LogP contribution in [0.3, 0.4) is 0 Å². The van der Waals surface area contributed by atoms with Crippen molar-refractivity contribution >= 4 is 34.7 Å². The number of ether oxygens (including phenoxy) is 1. The van der Waals surface area contributed by atoms with Gasteiger partial charge in [0.2, 0.25) is 0 Å². The Labute approximate surface area is 178 Å². The summed E-state index contributed by atoms with van der Waals surface area (Å²) in [7, 11) is 0. The van der Waals surface area contributed by atoms with Crippen molar-refractivity contribution < 1.29 is 19.4 Å². The first-order chi connectivity index (χ1) is 14.4. The third-order valence-electron chi connectivity index (χ3n) is 4.59. The van der Waals surface area contributed by atoms with Gasteiger partial charge in [0.05, 0.1) is 12.2 Å². The Balaban J connectivity index is 1.53. The lowest BCUT2D eigenvalue weighted by molar-refractivity contribution is -0.138. The number of hydrogen-bond acceptors (Lipinski definition) is 8. The molecule has 1 aliphatic heterocycles. The van der Waals surface area contributed by atoms with E-state index in [1.165, 1.54) is 6.21 Å². The molecule has 10 heteroatoms. The SMILES string of the molecule is CC(N)OC(=O)N=Cc1ccc(-c2csc(NC3CCN(CC(=O)O)CC3)n2)cc1. The Morgan fingerprint density at radius 3 is 2.73 bits per heavy atom. The Bertz CT molecular complexity index is 889. The molecule has 160 valence electrons. The maximum absolute atomic E-state index is 11.4. The normalized spacial score (nSPS) is 16.5. The predicted molar refractivity (Wildman–Crippen MR) is 116 cm³/mol. The van der Waals surface area contributed by atoms with E-state index in [1.54, 1.807) is 18.3 Å². The highest BCUT2D eigenvalue weighted by Gasteiger charge is 2.21. The molecule has 1 aromatic heterocycles. The number of carboxylic acid groups (broad SMARTS) is 1. The van der Waals surface area contributed by atoms with Crippen molar-refractivity contribution in [1.29, 1.82) is 0 Å². The highest BCUT2D eigenvalue weighted by Crippen LogP contribution is 2.26. The van der Waals surface area contributed by atoms with Gasteiger partial charge in [0, 0.05) is 36.3 Å². The summed E-state index contributed by atoms with van der Waals surface area (Å²) in [6, 6.07) is 7.83. The van der Waals surface area contributed by atoms with Crippen LogP contribution in [0.1, 0.15) is 25.3 Å². The van der Waals surface area contributed by atoms with E-state index in [4.69, 9.17) is 15.6 Å². The zero-order valence-corrected chi connectivity index (χ0v) is 17.5. The number of carboxylic acids is 1. The zero-order valence-electron chi connectivity index (χ0n) is 16.7. The Kier molecular flexibility index (Phi) is 7.50. The molecule has 1 aromatic carbocycles. The number of carbonyl (C=O) groups excluding carboxylic acids is 1. The topological polar surface area (TPSA) is 130 Å². The minimum atomic E-state index is -0.784. The number of benzene rings is 1. The maximum atomic E-state index is 11.4. The molecule has 0 saturated carbocycles. The first kappa shape index (κ1) is 21.9. The number of amides is 1. The van der Waals surface area contributed by atoms with Gasteiger partial charge in [0.25, 0.3) is 0 Å². The molecule has 4 N–H and O–H groups in total. The van der Waals surface area contributed by atoms with Gasteiger partial charge in [0.1, 0.15) is 6.23 Å². The number of rotatable bonds is 7. The average molecular weight is 432 g/mol. The van der Waals surface area contributed by atoms with Gasteiger partial charge < -0.3 is 15.2 Å². The summed E-state index contributed by atoms with van der Waals surface area (Å²) in [6.45, 7) is 3.19. The average Bonchev–Trinajstić information content (AvgIpc) is 3.16. The lowest BCUT2D eigenvalue weighted by Gasteiger charge is -2.31. The Hall–Kier alpha value is -2.82. The van der Waals surface area contributed by atoms with Crippen LogP contribution in [0.2, 0.25) is 0 Å². The quantitative estimate of drug-likeness (QED) is 0.450. The van der Waals surface area contributed by atoms with E-state index in [-0.39, 0.29) is 6.54 Å². The molecule has 1 aliphatic rings. The molecule has 2 aromatic rings. The first-order valence-electron chi connectivity index (χ1n) is 9.66. The van der Waals surface area contributed by atoms with Gasteiger partial charge >= 0.3 is 12.1 Å². The fourth-order valence-corrected chi connectivity index (χ4v) is 3.93. The maximum Gasteiger partial charge on any atom is 0.435 e. The van der Waals surface area contributed by atoms with Gasteiger partial charge in [0.15, 0.2) is 5.13 Å². The molecule has 0 spiro atoms. The van der Waals surface area contributed by atoms with Gasteiger partial charge in [-0.25, -0.2) is 9.78 Å². The summed E-state index contributed by atoms with van der Waals surface area (Å²) < 4.78 is 4.75. The Morgan fingerprint density at radius 1 is 1.40 bits per heavy atom. The minimum absolute atomic E-state index is 0.0994. The van der Waals surface area contributed by atoms with Crippen molar-refractivity contribution in [3.05, 3.63) is 35.2 Å². The second-order valence-electron chi connectivity index (χ2n) is 7.10. The van der Waals surface area contributed by atoms with Gasteiger partial charge in [-0.3, -0.25) is 15.4 Å². The molecule has 0 bridgehead atoms. The van der Waals surface area contributed by atoms with Crippen LogP contribution in [0.15, 0.2) is 34.6 Å². The van der Waals surface area contributed by atoms with Gasteiger partial charge in [-0.05, 0) is 25.3 Å². The molecule has 1 amide bonds. The molecule has 0 radical (unpaired) electrons. The highest BCUT2D eigenvalue weighted by atomic mass is 32.1. The van der Waals surface area contributed by atoms with E-state index < -0.39 is 18.3 Å². The highest BCUT2D eigenvalue weighted by molar-refractivity contribution is 7.14. The van der Waals surface area contributed by atoms with Crippen LogP contribution in [0.4, 0.5) is 9.93 Å². The second kappa shape index (κ2) is 10.3. The molecule has 30 heavy (non-hydrogen) atoms. The van der Waals surface area contributed by atoms with Crippen molar-refractivity contribution in [2.24, 2.45) is 10.7 Å². The summed E-state index contributed by atoms with van der Waals surface area (Å²) in [6.07, 6.45) is 1.79. The number of likely N-dealkylation sites (tertiary alicyclic amines) is 1. The van der Waals surface area contributed by atoms with Gasteiger partial charge in [-0.1, -0.05) is 24.3 Å². The number of piperidine rings is 1. The molecule has 3 rings (SSSR count). The summed E-state index contributed by atoms with van der Waals surface area (Å²) in [5, 5.41) is 15.2. The van der Waals surface area contributed by atoms with Crippen molar-refractivity contribution in [1.82, 2.24) is 9.88 Å². The summed E-state index contributed by atoms with van der Waals surface area (Å²) in [4.78, 5) is 32.5. The number of carbonyl (C=O) groups is 2. The number of anilines is 1. The van der Waals surface area contributed by atoms with Crippen molar-refractivity contribution in [2.75, 3.05) is 25.0 Å². The molecule has 1 unspecified atom stereocenters. The third kappa shape index (κ3) is 6.61. The molecule has 0 aliphatic carbocycles. The summed E-state index contributed by atoms with van der Waals surface area (Å²) >= 11 is 1.54. The number of thiazole rings is 1. The van der Waals surface area contributed by atoms with Crippen LogP contribution < -0.4 is 11.1 Å². The van der Waals surface area contributed by atoms with E-state index in [1.807, 2.05) is 34.5 Å². The smallest absolute Gasteiger partial charge is 0.435 e. The number of aromatic nitrogens is 1. The lowest BCUT2D eigenvalue weighted by atomic mass is 10.1. The van der Waals surface area contributed by atoms with Crippen LogP contribution in [0, 0.1) is 0 Å². The van der Waals surface area contributed by atoms with Crippen LogP contribution in [-0.4, -0.2) is 65.2 Å². The van der Waals surface area contributed by atoms with Crippen LogP contribution in [-0.2, 0) is 9.53 Å². The number of nitrogens with zero attached hydrogens (tertiary/aromatic N) is 3. The molecule has 1 fully saturated rings. The number of hydrogen-bond donors (Lipinski definition) is 3. The zero-order chi connectivity index (χ0) is 21.5. The molecule has 9 nitrogen and oxygen atoms in total. The van der Waals surface area contributed by atoms with Crippen molar-refractivity contribution in [2.45, 2.75) is 32.0 Å². The van der Waals surface area contributed by atoms with Crippen molar-refractivity contribution in [3.63, 3.8) is 0 Å². The third-order valence-corrected chi connectivity index (χ3v) is 5.36. The molecular formula is C20H25N5O4S. The van der Waals surface area contributed by atoms with Crippen LogP contribution >= 0.6 is 11.3 Å². The number of nitrogens with one attached hydrogen (secondary N) is 1. The second-order valence-corrected chi connectivity index (χ2v) is 7.95. The van der Waals surface area contributed by atoms with E-state index in [0.717, 1.165) is 47.9 Å².